The van der Waals surface area contributed by atoms with Crippen molar-refractivity contribution in [3.05, 3.63) is 111 Å². The molecular weight excluding hydrogens is 563 g/mol. The van der Waals surface area contributed by atoms with Crippen molar-refractivity contribution in [1.82, 2.24) is 15.3 Å². The standard InChI is InChI=1S/C31H28Cl2N4O4/c1-41-31(40)34-24-10-8-20(9-11-24)28-29(33)37-30(36-28)26(15-19-5-7-21-16-25(38)17-22(21)13-19)35-27(39)12-6-18-3-2-4-23(32)14-18/h2-14,25-26,38H,15-17H2,1H3,(H,34,40)(H,35,39)(H,36,37)/t25?,26-/m0/s1. The lowest BCUT2D eigenvalue weighted by atomic mass is 10.0. The Morgan fingerprint density at radius 2 is 1.88 bits per heavy atom. The van der Waals surface area contributed by atoms with Gasteiger partial charge in [-0.1, -0.05) is 65.7 Å². The number of amides is 2. The number of aliphatic hydroxyl groups excluding tert-OH is 1. The summed E-state index contributed by atoms with van der Waals surface area (Å²) >= 11 is 12.7. The van der Waals surface area contributed by atoms with Crippen LogP contribution in [0.1, 0.15) is 34.1 Å². The number of aliphatic hydroxyl groups is 1. The van der Waals surface area contributed by atoms with Crippen molar-refractivity contribution in [3.63, 3.8) is 0 Å². The highest BCUT2D eigenvalue weighted by Gasteiger charge is 2.23. The van der Waals surface area contributed by atoms with Gasteiger partial charge in [-0.15, -0.1) is 0 Å². The molecule has 1 aliphatic rings. The Bertz CT molecular complexity index is 1600. The topological polar surface area (TPSA) is 116 Å². The fraction of sp³-hybridized carbons (Fsp3) is 0.194. The van der Waals surface area contributed by atoms with E-state index in [4.69, 9.17) is 28.2 Å². The van der Waals surface area contributed by atoms with Crippen LogP contribution in [-0.2, 0) is 28.8 Å². The third-order valence-corrected chi connectivity index (χ3v) is 7.32. The maximum atomic E-state index is 13.0. The molecule has 4 aromatic rings. The zero-order chi connectivity index (χ0) is 28.9. The summed E-state index contributed by atoms with van der Waals surface area (Å²) < 4.78 is 4.63. The van der Waals surface area contributed by atoms with E-state index >= 15 is 0 Å². The molecule has 1 heterocycles. The van der Waals surface area contributed by atoms with Gasteiger partial charge in [0.2, 0.25) is 5.91 Å². The van der Waals surface area contributed by atoms with E-state index in [1.807, 2.05) is 24.3 Å². The predicted molar refractivity (Wildman–Crippen MR) is 160 cm³/mol. The number of benzene rings is 3. The normalized spacial score (nSPS) is 15.0. The summed E-state index contributed by atoms with van der Waals surface area (Å²) in [7, 11) is 1.29. The van der Waals surface area contributed by atoms with Gasteiger partial charge in [0.15, 0.2) is 0 Å². The Hall–Kier alpha value is -4.11. The number of imidazole rings is 1. The van der Waals surface area contributed by atoms with Gasteiger partial charge in [-0.3, -0.25) is 10.1 Å². The SMILES string of the molecule is COC(=O)Nc1ccc(-c2nc([C@H](Cc3ccc4c(c3)CC(O)C4)NC(=O)C=Cc3cccc(Cl)c3)[nH]c2Cl)cc1. The van der Waals surface area contributed by atoms with Gasteiger partial charge in [-0.05, 0) is 71.9 Å². The van der Waals surface area contributed by atoms with E-state index in [1.165, 1.54) is 13.2 Å². The second-order valence-corrected chi connectivity index (χ2v) is 10.6. The van der Waals surface area contributed by atoms with Gasteiger partial charge in [0, 0.05) is 22.3 Å². The molecule has 0 radical (unpaired) electrons. The molecule has 0 bridgehead atoms. The Balaban J connectivity index is 1.40. The second-order valence-electron chi connectivity index (χ2n) is 9.80. The smallest absolute Gasteiger partial charge is 0.411 e. The van der Waals surface area contributed by atoms with Crippen LogP contribution < -0.4 is 10.6 Å². The van der Waals surface area contributed by atoms with Crippen molar-refractivity contribution in [1.29, 1.82) is 0 Å². The molecular formula is C31H28Cl2N4O4. The monoisotopic (exact) mass is 590 g/mol. The first-order chi connectivity index (χ1) is 19.8. The molecule has 5 rings (SSSR count). The van der Waals surface area contributed by atoms with Gasteiger partial charge in [0.05, 0.1) is 19.3 Å². The van der Waals surface area contributed by atoms with Crippen molar-refractivity contribution in [2.75, 3.05) is 12.4 Å². The number of hydrogen-bond donors (Lipinski definition) is 4. The summed E-state index contributed by atoms with van der Waals surface area (Å²) in [6.45, 7) is 0. The largest absolute Gasteiger partial charge is 0.453 e. The molecule has 0 aliphatic heterocycles. The summed E-state index contributed by atoms with van der Waals surface area (Å²) in [5, 5.41) is 16.6. The summed E-state index contributed by atoms with van der Waals surface area (Å²) in [4.78, 5) is 32.4. The quantitative estimate of drug-likeness (QED) is 0.184. The molecule has 210 valence electrons. The number of halogens is 2. The van der Waals surface area contributed by atoms with Crippen LogP contribution in [0.2, 0.25) is 10.2 Å². The minimum atomic E-state index is -0.568. The number of ether oxygens (including phenoxy) is 1. The highest BCUT2D eigenvalue weighted by atomic mass is 35.5. The number of nitrogens with one attached hydrogen (secondary N) is 3. The van der Waals surface area contributed by atoms with E-state index in [0.29, 0.717) is 46.6 Å². The first kappa shape index (κ1) is 28.4. The number of aromatic amines is 1. The van der Waals surface area contributed by atoms with Crippen LogP contribution in [-0.4, -0.2) is 40.3 Å². The molecule has 2 atom stereocenters. The van der Waals surface area contributed by atoms with Gasteiger partial charge in [0.25, 0.3) is 0 Å². The maximum Gasteiger partial charge on any atom is 0.411 e. The molecule has 3 aromatic carbocycles. The minimum Gasteiger partial charge on any atom is -0.453 e. The van der Waals surface area contributed by atoms with Gasteiger partial charge >= 0.3 is 6.09 Å². The molecule has 1 aromatic heterocycles. The number of methoxy groups -OCH3 is 1. The third-order valence-electron chi connectivity index (χ3n) is 6.81. The molecule has 4 N–H and O–H groups in total. The molecule has 41 heavy (non-hydrogen) atoms. The van der Waals surface area contributed by atoms with E-state index < -0.39 is 12.1 Å². The number of rotatable bonds is 8. The summed E-state index contributed by atoms with van der Waals surface area (Å²) in [5.41, 5.74) is 5.84. The number of aromatic nitrogens is 2. The Morgan fingerprint density at radius 3 is 2.63 bits per heavy atom. The predicted octanol–water partition coefficient (Wildman–Crippen LogP) is 6.13. The summed E-state index contributed by atoms with van der Waals surface area (Å²) in [5.74, 6) is 0.186. The number of fused-ring (bicyclic) bond motifs is 1. The Morgan fingerprint density at radius 1 is 1.10 bits per heavy atom. The lowest BCUT2D eigenvalue weighted by Crippen LogP contribution is -2.29. The average molecular weight is 591 g/mol. The van der Waals surface area contributed by atoms with Crippen molar-refractivity contribution < 1.29 is 19.4 Å². The van der Waals surface area contributed by atoms with Crippen LogP contribution >= 0.6 is 23.2 Å². The van der Waals surface area contributed by atoms with Crippen LogP contribution in [0.3, 0.4) is 0 Å². The molecule has 8 nitrogen and oxygen atoms in total. The number of anilines is 1. The van der Waals surface area contributed by atoms with E-state index in [0.717, 1.165) is 27.8 Å². The molecule has 0 fully saturated rings. The van der Waals surface area contributed by atoms with Crippen molar-refractivity contribution in [2.24, 2.45) is 0 Å². The van der Waals surface area contributed by atoms with Gasteiger partial charge < -0.3 is 20.1 Å². The second kappa shape index (κ2) is 12.6. The number of H-pyrrole nitrogens is 1. The number of nitrogens with zero attached hydrogens (tertiary/aromatic N) is 1. The zero-order valence-electron chi connectivity index (χ0n) is 22.2. The molecule has 0 saturated heterocycles. The lowest BCUT2D eigenvalue weighted by Gasteiger charge is -2.17. The molecule has 1 aliphatic carbocycles. The summed E-state index contributed by atoms with van der Waals surface area (Å²) in [6, 6.07) is 19.8. The summed E-state index contributed by atoms with van der Waals surface area (Å²) in [6.07, 6.45) is 3.92. The number of hydrogen-bond acceptors (Lipinski definition) is 5. The Kier molecular flexibility index (Phi) is 8.73. The minimum absolute atomic E-state index is 0.307. The van der Waals surface area contributed by atoms with E-state index in [9.17, 15) is 14.7 Å². The molecule has 2 amide bonds. The van der Waals surface area contributed by atoms with Crippen LogP contribution in [0.5, 0.6) is 0 Å². The van der Waals surface area contributed by atoms with Crippen LogP contribution in [0.15, 0.2) is 72.8 Å². The van der Waals surface area contributed by atoms with Gasteiger partial charge in [-0.25, -0.2) is 9.78 Å². The fourth-order valence-corrected chi connectivity index (χ4v) is 5.28. The first-order valence-electron chi connectivity index (χ1n) is 13.0. The maximum absolute atomic E-state index is 13.0. The Labute approximate surface area is 247 Å². The molecule has 0 spiro atoms. The molecule has 10 heteroatoms. The zero-order valence-corrected chi connectivity index (χ0v) is 23.7. The lowest BCUT2D eigenvalue weighted by molar-refractivity contribution is -0.117. The van der Waals surface area contributed by atoms with E-state index in [1.54, 1.807) is 42.5 Å². The molecule has 0 saturated carbocycles. The van der Waals surface area contributed by atoms with Crippen molar-refractivity contribution in [3.8, 4) is 11.3 Å². The highest BCUT2D eigenvalue weighted by Crippen LogP contribution is 2.30. The van der Waals surface area contributed by atoms with Gasteiger partial charge in [-0.2, -0.15) is 0 Å². The van der Waals surface area contributed by atoms with Crippen LogP contribution in [0.4, 0.5) is 10.5 Å². The number of carbonyl (C=O) groups excluding carboxylic acids is 2. The average Bonchev–Trinajstić information content (AvgIpc) is 3.53. The van der Waals surface area contributed by atoms with Crippen molar-refractivity contribution >= 4 is 47.0 Å². The van der Waals surface area contributed by atoms with Crippen LogP contribution in [0, 0.1) is 0 Å². The highest BCUT2D eigenvalue weighted by molar-refractivity contribution is 6.32. The fourth-order valence-electron chi connectivity index (χ4n) is 4.83. The van der Waals surface area contributed by atoms with E-state index in [-0.39, 0.29) is 12.0 Å². The van der Waals surface area contributed by atoms with Crippen molar-refractivity contribution in [2.45, 2.75) is 31.4 Å². The first-order valence-corrected chi connectivity index (χ1v) is 13.8. The third kappa shape index (κ3) is 7.16. The molecule has 1 unspecified atom stereocenters. The van der Waals surface area contributed by atoms with Crippen LogP contribution in [0.25, 0.3) is 17.3 Å². The van der Waals surface area contributed by atoms with E-state index in [2.05, 4.69) is 26.4 Å². The number of carbonyl (C=O) groups is 2. The van der Waals surface area contributed by atoms with Gasteiger partial charge in [0.1, 0.15) is 16.7 Å².